The van der Waals surface area contributed by atoms with E-state index in [2.05, 4.69) is 0 Å². The highest BCUT2D eigenvalue weighted by Gasteiger charge is 2.33. The van der Waals surface area contributed by atoms with Crippen molar-refractivity contribution in [2.45, 2.75) is 6.18 Å². The molecule has 0 spiro atoms. The summed E-state index contributed by atoms with van der Waals surface area (Å²) in [6.07, 6.45) is -4.44. The Bertz CT molecular complexity index is 297. The van der Waals surface area contributed by atoms with Gasteiger partial charge in [-0.05, 0) is 18.2 Å². The molecule has 2 N–H and O–H groups in total. The van der Waals surface area contributed by atoms with E-state index in [1.54, 1.807) is 0 Å². The van der Waals surface area contributed by atoms with E-state index in [1.165, 1.54) is 6.07 Å². The number of anilines is 1. The molecule has 13 heavy (non-hydrogen) atoms. The zero-order valence-electron chi connectivity index (χ0n) is 6.23. The lowest BCUT2D eigenvalue weighted by atomic mass is 10.2. The summed E-state index contributed by atoms with van der Waals surface area (Å²) >= 11 is 5.31. The minimum absolute atomic E-state index is 0. The summed E-state index contributed by atoms with van der Waals surface area (Å²) in [5.41, 5.74) is 4.31. The predicted octanol–water partition coefficient (Wildman–Crippen LogP) is 3.09. The maximum absolute atomic E-state index is 12.1. The Hall–Kier alpha value is -0.970. The summed E-state index contributed by atoms with van der Waals surface area (Å²) in [6, 6.07) is 3.25. The molecule has 0 aromatic heterocycles. The molecule has 0 amide bonds. The van der Waals surface area contributed by atoms with Crippen molar-refractivity contribution in [2.75, 3.05) is 5.73 Å². The molecule has 0 bridgehead atoms. The van der Waals surface area contributed by atoms with Crippen LogP contribution >= 0.6 is 11.6 Å². The van der Waals surface area contributed by atoms with Gasteiger partial charge in [0.05, 0.1) is 10.6 Å². The molecule has 74 valence electrons. The van der Waals surface area contributed by atoms with Gasteiger partial charge in [-0.25, -0.2) is 0 Å². The molecule has 0 aliphatic rings. The second-order valence-electron chi connectivity index (χ2n) is 2.24. The Morgan fingerprint density at radius 1 is 1.23 bits per heavy atom. The van der Waals surface area contributed by atoms with Gasteiger partial charge in [0.25, 0.3) is 0 Å². The number of alkyl halides is 3. The van der Waals surface area contributed by atoms with E-state index in [0.29, 0.717) is 0 Å². The quantitative estimate of drug-likeness (QED) is 0.522. The minimum Gasteiger partial charge on any atom is -0.399 e. The van der Waals surface area contributed by atoms with Gasteiger partial charge in [0.1, 0.15) is 0 Å². The van der Waals surface area contributed by atoms with Gasteiger partial charge in [0.2, 0.25) is 0 Å². The van der Waals surface area contributed by atoms with E-state index < -0.39 is 11.7 Å². The Kier molecular flexibility index (Phi) is 3.54. The van der Waals surface area contributed by atoms with Crippen LogP contribution in [0.4, 0.5) is 23.6 Å². The standard InChI is InChI=1S/C7H5ClF3N.FH/c8-6-2-1-4(12)3-5(6)7(9,10)11;/h1-3H,12H2;1H. The molecule has 0 aliphatic heterocycles. The van der Waals surface area contributed by atoms with Crippen LogP contribution in [0.3, 0.4) is 0 Å². The van der Waals surface area contributed by atoms with E-state index in [-0.39, 0.29) is 15.4 Å². The zero-order chi connectivity index (χ0) is 9.35. The van der Waals surface area contributed by atoms with Crippen molar-refractivity contribution in [2.24, 2.45) is 0 Å². The molecule has 0 saturated carbocycles. The highest BCUT2D eigenvalue weighted by atomic mass is 35.5. The van der Waals surface area contributed by atoms with Gasteiger partial charge < -0.3 is 5.73 Å². The molecule has 1 aromatic carbocycles. The van der Waals surface area contributed by atoms with Crippen LogP contribution < -0.4 is 5.73 Å². The third-order valence-electron chi connectivity index (χ3n) is 1.30. The average Bonchev–Trinajstić information content (AvgIpc) is 1.92. The molecule has 0 heterocycles. The van der Waals surface area contributed by atoms with Crippen molar-refractivity contribution in [1.82, 2.24) is 0 Å². The fourth-order valence-corrected chi connectivity index (χ4v) is 0.985. The second kappa shape index (κ2) is 3.83. The van der Waals surface area contributed by atoms with Crippen LogP contribution in [0.25, 0.3) is 0 Å². The SMILES string of the molecule is F.Nc1ccc(Cl)c(C(F)(F)F)c1. The lowest BCUT2D eigenvalue weighted by molar-refractivity contribution is -0.137. The first-order chi connectivity index (χ1) is 5.41. The third kappa shape index (κ3) is 2.77. The minimum atomic E-state index is -4.44. The van der Waals surface area contributed by atoms with E-state index in [4.69, 9.17) is 17.3 Å². The number of nitrogen functional groups attached to an aromatic ring is 1. The van der Waals surface area contributed by atoms with Crippen molar-refractivity contribution in [3.8, 4) is 0 Å². The molecule has 0 unspecified atom stereocenters. The first kappa shape index (κ1) is 12.0. The summed E-state index contributed by atoms with van der Waals surface area (Å²) in [5.74, 6) is 0. The molecule has 0 atom stereocenters. The highest BCUT2D eigenvalue weighted by molar-refractivity contribution is 6.31. The van der Waals surface area contributed by atoms with Crippen LogP contribution in [0.1, 0.15) is 5.56 Å². The fraction of sp³-hybridized carbons (Fsp3) is 0.143. The predicted molar refractivity (Wildman–Crippen MR) is 43.4 cm³/mol. The van der Waals surface area contributed by atoms with Crippen molar-refractivity contribution < 1.29 is 17.9 Å². The summed E-state index contributed by atoms with van der Waals surface area (Å²) in [4.78, 5) is 0. The van der Waals surface area contributed by atoms with Crippen molar-refractivity contribution >= 4 is 17.3 Å². The lowest BCUT2D eigenvalue weighted by Gasteiger charge is -2.08. The second-order valence-corrected chi connectivity index (χ2v) is 2.64. The largest absolute Gasteiger partial charge is 0.417 e. The zero-order valence-corrected chi connectivity index (χ0v) is 6.99. The number of benzene rings is 1. The molecule has 6 heteroatoms. The molecule has 1 aromatic rings. The Balaban J connectivity index is 0.00000144. The van der Waals surface area contributed by atoms with Crippen LogP contribution in [0.5, 0.6) is 0 Å². The van der Waals surface area contributed by atoms with Crippen molar-refractivity contribution in [1.29, 1.82) is 0 Å². The van der Waals surface area contributed by atoms with Crippen molar-refractivity contribution in [3.05, 3.63) is 28.8 Å². The van der Waals surface area contributed by atoms with Gasteiger partial charge in [-0.15, -0.1) is 0 Å². The monoisotopic (exact) mass is 215 g/mol. The van der Waals surface area contributed by atoms with Crippen LogP contribution in [0.2, 0.25) is 5.02 Å². The fourth-order valence-electron chi connectivity index (χ4n) is 0.760. The van der Waals surface area contributed by atoms with Crippen LogP contribution in [0, 0.1) is 0 Å². The number of hydrogen-bond donors (Lipinski definition) is 1. The van der Waals surface area contributed by atoms with Gasteiger partial charge in [-0.2, -0.15) is 13.2 Å². The first-order valence-corrected chi connectivity index (χ1v) is 3.41. The molecular weight excluding hydrogens is 210 g/mol. The molecular formula is C7H6ClF4N. The van der Waals surface area contributed by atoms with E-state index in [1.807, 2.05) is 0 Å². The van der Waals surface area contributed by atoms with Gasteiger partial charge in [-0.1, -0.05) is 11.6 Å². The molecule has 0 fully saturated rings. The first-order valence-electron chi connectivity index (χ1n) is 3.03. The normalized spacial score (nSPS) is 10.8. The average molecular weight is 216 g/mol. The Morgan fingerprint density at radius 3 is 2.15 bits per heavy atom. The summed E-state index contributed by atoms with van der Waals surface area (Å²) < 4.78 is 36.3. The van der Waals surface area contributed by atoms with E-state index in [9.17, 15) is 13.2 Å². The van der Waals surface area contributed by atoms with Gasteiger partial charge >= 0.3 is 6.18 Å². The molecule has 0 saturated heterocycles. The topological polar surface area (TPSA) is 26.0 Å². The van der Waals surface area contributed by atoms with Gasteiger partial charge in [-0.3, -0.25) is 4.70 Å². The molecule has 0 radical (unpaired) electrons. The third-order valence-corrected chi connectivity index (χ3v) is 1.63. The maximum Gasteiger partial charge on any atom is 0.417 e. The van der Waals surface area contributed by atoms with Crippen LogP contribution in [-0.4, -0.2) is 0 Å². The highest BCUT2D eigenvalue weighted by Crippen LogP contribution is 2.35. The lowest BCUT2D eigenvalue weighted by Crippen LogP contribution is -2.06. The van der Waals surface area contributed by atoms with E-state index >= 15 is 0 Å². The summed E-state index contributed by atoms with van der Waals surface area (Å²) in [5, 5.41) is -0.336. The maximum atomic E-state index is 12.1. The number of rotatable bonds is 0. The molecule has 1 rings (SSSR count). The van der Waals surface area contributed by atoms with Crippen molar-refractivity contribution in [3.63, 3.8) is 0 Å². The molecule has 1 nitrogen and oxygen atoms in total. The Labute approximate surface area is 76.7 Å². The smallest absolute Gasteiger partial charge is 0.399 e. The molecule has 0 aliphatic carbocycles. The Morgan fingerprint density at radius 2 is 1.77 bits per heavy atom. The van der Waals surface area contributed by atoms with E-state index in [0.717, 1.165) is 12.1 Å². The number of hydrogen-bond acceptors (Lipinski definition) is 1. The number of nitrogens with two attached hydrogens (primary N) is 1. The van der Waals surface area contributed by atoms with Crippen LogP contribution in [0.15, 0.2) is 18.2 Å². The van der Waals surface area contributed by atoms with Gasteiger partial charge in [0.15, 0.2) is 0 Å². The summed E-state index contributed by atoms with van der Waals surface area (Å²) in [7, 11) is 0. The van der Waals surface area contributed by atoms with Crippen LogP contribution in [-0.2, 0) is 6.18 Å². The number of halogens is 5. The summed E-state index contributed by atoms with van der Waals surface area (Å²) in [6.45, 7) is 0. The van der Waals surface area contributed by atoms with Gasteiger partial charge in [0, 0.05) is 5.69 Å².